The molecule has 0 N–H and O–H groups in total. The molecule has 0 unspecified atom stereocenters. The molecule has 138 valence electrons. The van der Waals surface area contributed by atoms with Crippen molar-refractivity contribution in [2.24, 2.45) is 11.8 Å². The number of halogens is 4. The minimum atomic E-state index is -4.49. The molecule has 1 heterocycles. The van der Waals surface area contributed by atoms with E-state index in [1.54, 1.807) is 0 Å². The lowest BCUT2D eigenvalue weighted by Gasteiger charge is -2.27. The molecule has 0 radical (unpaired) electrons. The lowest BCUT2D eigenvalue weighted by Crippen LogP contribution is -2.31. The minimum absolute atomic E-state index is 0.286. The highest BCUT2D eigenvalue weighted by atomic mass is 19.4. The van der Waals surface area contributed by atoms with Gasteiger partial charge in [0.15, 0.2) is 0 Å². The van der Waals surface area contributed by atoms with Crippen LogP contribution in [-0.2, 0) is 6.18 Å². The SMILES string of the molecule is CC(C)CN(CC(C)C)c1cc(C(F)(F)F)n(-c2ccc(F)cc2)c1. The van der Waals surface area contributed by atoms with E-state index >= 15 is 0 Å². The molecule has 0 bridgehead atoms. The maximum atomic E-state index is 13.5. The van der Waals surface area contributed by atoms with Crippen molar-refractivity contribution in [2.45, 2.75) is 33.9 Å². The molecule has 0 amide bonds. The number of benzene rings is 1. The average molecular weight is 356 g/mol. The van der Waals surface area contributed by atoms with Crippen molar-refractivity contribution in [1.82, 2.24) is 4.57 Å². The maximum Gasteiger partial charge on any atom is 0.431 e. The number of alkyl halides is 3. The number of nitrogens with zero attached hydrogens (tertiary/aromatic N) is 2. The standard InChI is InChI=1S/C19H24F4N2/c1-13(2)10-24(11-14(3)4)17-9-18(19(21,22)23)25(12-17)16-7-5-15(20)6-8-16/h5-9,12-14H,10-11H2,1-4H3. The number of rotatable bonds is 6. The Bertz CT molecular complexity index is 674. The smallest absolute Gasteiger partial charge is 0.370 e. The molecule has 0 aliphatic rings. The highest BCUT2D eigenvalue weighted by Gasteiger charge is 2.36. The zero-order valence-corrected chi connectivity index (χ0v) is 14.9. The van der Waals surface area contributed by atoms with Crippen LogP contribution in [-0.4, -0.2) is 17.7 Å². The monoisotopic (exact) mass is 356 g/mol. The predicted octanol–water partition coefficient (Wildman–Crippen LogP) is 5.75. The lowest BCUT2D eigenvalue weighted by atomic mass is 10.1. The summed E-state index contributed by atoms with van der Waals surface area (Å²) >= 11 is 0. The first-order valence-corrected chi connectivity index (χ1v) is 8.38. The first-order chi connectivity index (χ1) is 11.6. The Kier molecular flexibility index (Phi) is 5.80. The van der Waals surface area contributed by atoms with Crippen LogP contribution in [0.15, 0.2) is 36.5 Å². The summed E-state index contributed by atoms with van der Waals surface area (Å²) in [5, 5.41) is 0. The van der Waals surface area contributed by atoms with Gasteiger partial charge in [0, 0.05) is 25.0 Å². The van der Waals surface area contributed by atoms with Crippen LogP contribution < -0.4 is 4.90 Å². The molecule has 1 aromatic carbocycles. The van der Waals surface area contributed by atoms with Gasteiger partial charge in [-0.15, -0.1) is 0 Å². The fourth-order valence-corrected chi connectivity index (χ4v) is 2.82. The second kappa shape index (κ2) is 7.50. The van der Waals surface area contributed by atoms with E-state index < -0.39 is 17.7 Å². The Labute approximate surface area is 146 Å². The van der Waals surface area contributed by atoms with Crippen LogP contribution in [0.25, 0.3) is 5.69 Å². The molecule has 0 saturated carbocycles. The van der Waals surface area contributed by atoms with Crippen molar-refractivity contribution < 1.29 is 17.6 Å². The Balaban J connectivity index is 2.50. The molecule has 2 nitrogen and oxygen atoms in total. The maximum absolute atomic E-state index is 13.5. The van der Waals surface area contributed by atoms with Crippen molar-refractivity contribution in [3.05, 3.63) is 48.0 Å². The summed E-state index contributed by atoms with van der Waals surface area (Å²) < 4.78 is 54.7. The minimum Gasteiger partial charge on any atom is -0.370 e. The molecule has 2 rings (SSSR count). The molecule has 0 saturated heterocycles. The van der Waals surface area contributed by atoms with E-state index in [1.807, 2.05) is 32.6 Å². The van der Waals surface area contributed by atoms with Gasteiger partial charge in [0.2, 0.25) is 0 Å². The van der Waals surface area contributed by atoms with Crippen LogP contribution in [0.4, 0.5) is 23.2 Å². The summed E-state index contributed by atoms with van der Waals surface area (Å²) in [7, 11) is 0. The normalized spacial score (nSPS) is 12.2. The zero-order chi connectivity index (χ0) is 18.8. The summed E-state index contributed by atoms with van der Waals surface area (Å²) in [6.07, 6.45) is -3.01. The second-order valence-electron chi connectivity index (χ2n) is 7.12. The second-order valence-corrected chi connectivity index (χ2v) is 7.12. The van der Waals surface area contributed by atoms with Gasteiger partial charge in [-0.2, -0.15) is 13.2 Å². The van der Waals surface area contributed by atoms with E-state index in [-0.39, 0.29) is 5.69 Å². The molecule has 0 fully saturated rings. The van der Waals surface area contributed by atoms with Crippen LogP contribution in [0.1, 0.15) is 33.4 Å². The third-order valence-electron chi connectivity index (χ3n) is 3.74. The average Bonchev–Trinajstić information content (AvgIpc) is 2.91. The molecular weight excluding hydrogens is 332 g/mol. The van der Waals surface area contributed by atoms with Crippen molar-refractivity contribution in [3.8, 4) is 5.69 Å². The molecule has 25 heavy (non-hydrogen) atoms. The molecule has 2 aromatic rings. The van der Waals surface area contributed by atoms with Crippen molar-refractivity contribution in [2.75, 3.05) is 18.0 Å². The summed E-state index contributed by atoms with van der Waals surface area (Å²) in [6.45, 7) is 9.49. The van der Waals surface area contributed by atoms with Gasteiger partial charge in [-0.25, -0.2) is 4.39 Å². The van der Waals surface area contributed by atoms with Crippen LogP contribution in [0, 0.1) is 17.7 Å². The number of aromatic nitrogens is 1. The van der Waals surface area contributed by atoms with Gasteiger partial charge in [-0.05, 0) is 42.2 Å². The Morgan fingerprint density at radius 3 is 1.92 bits per heavy atom. The summed E-state index contributed by atoms with van der Waals surface area (Å²) in [4.78, 5) is 1.98. The van der Waals surface area contributed by atoms with Gasteiger partial charge in [0.25, 0.3) is 0 Å². The van der Waals surface area contributed by atoms with E-state index in [9.17, 15) is 17.6 Å². The molecule has 0 aliphatic carbocycles. The third kappa shape index (κ3) is 5.00. The lowest BCUT2D eigenvalue weighted by molar-refractivity contribution is -0.142. The summed E-state index contributed by atoms with van der Waals surface area (Å²) in [6, 6.07) is 6.20. The molecule has 6 heteroatoms. The third-order valence-corrected chi connectivity index (χ3v) is 3.74. The summed E-state index contributed by atoms with van der Waals surface area (Å²) in [5.41, 5.74) is 0.0553. The van der Waals surface area contributed by atoms with E-state index in [2.05, 4.69) is 0 Å². The quantitative estimate of drug-likeness (QED) is 0.598. The number of hydrogen-bond acceptors (Lipinski definition) is 1. The fourth-order valence-electron chi connectivity index (χ4n) is 2.82. The fraction of sp³-hybridized carbons (Fsp3) is 0.474. The van der Waals surface area contributed by atoms with Gasteiger partial charge in [0.05, 0.1) is 5.69 Å². The highest BCUT2D eigenvalue weighted by molar-refractivity contribution is 5.52. The summed E-state index contributed by atoms with van der Waals surface area (Å²) in [5.74, 6) is 0.162. The van der Waals surface area contributed by atoms with Gasteiger partial charge in [-0.3, -0.25) is 0 Å². The number of anilines is 1. The van der Waals surface area contributed by atoms with Crippen LogP contribution >= 0.6 is 0 Å². The zero-order valence-electron chi connectivity index (χ0n) is 14.9. The van der Waals surface area contributed by atoms with Gasteiger partial charge >= 0.3 is 6.18 Å². The molecule has 0 aliphatic heterocycles. The van der Waals surface area contributed by atoms with Crippen molar-refractivity contribution >= 4 is 5.69 Å². The van der Waals surface area contributed by atoms with Crippen molar-refractivity contribution in [3.63, 3.8) is 0 Å². The Hall–Kier alpha value is -1.98. The first kappa shape index (κ1) is 19.3. The van der Waals surface area contributed by atoms with E-state index in [4.69, 9.17) is 0 Å². The topological polar surface area (TPSA) is 8.17 Å². The molecule has 0 atom stereocenters. The van der Waals surface area contributed by atoms with Crippen molar-refractivity contribution in [1.29, 1.82) is 0 Å². The van der Waals surface area contributed by atoms with E-state index in [1.165, 1.54) is 24.4 Å². The Morgan fingerprint density at radius 2 is 1.48 bits per heavy atom. The first-order valence-electron chi connectivity index (χ1n) is 8.38. The van der Waals surface area contributed by atoms with E-state index in [0.29, 0.717) is 30.6 Å². The number of hydrogen-bond donors (Lipinski definition) is 0. The molecule has 0 spiro atoms. The molecular formula is C19H24F4N2. The van der Waals surface area contributed by atoms with Gasteiger partial charge in [-0.1, -0.05) is 27.7 Å². The van der Waals surface area contributed by atoms with Gasteiger partial charge in [0.1, 0.15) is 11.5 Å². The highest BCUT2D eigenvalue weighted by Crippen LogP contribution is 2.35. The van der Waals surface area contributed by atoms with E-state index in [0.717, 1.165) is 16.7 Å². The van der Waals surface area contributed by atoms with Crippen LogP contribution in [0.3, 0.4) is 0 Å². The largest absolute Gasteiger partial charge is 0.431 e. The van der Waals surface area contributed by atoms with Gasteiger partial charge < -0.3 is 9.47 Å². The predicted molar refractivity (Wildman–Crippen MR) is 92.6 cm³/mol. The Morgan fingerprint density at radius 1 is 0.960 bits per heavy atom. The van der Waals surface area contributed by atoms with Crippen LogP contribution in [0.2, 0.25) is 0 Å². The molecule has 1 aromatic heterocycles. The van der Waals surface area contributed by atoms with Crippen LogP contribution in [0.5, 0.6) is 0 Å².